The van der Waals surface area contributed by atoms with Gasteiger partial charge in [0.05, 0.1) is 29.1 Å². The van der Waals surface area contributed by atoms with E-state index in [4.69, 9.17) is 4.74 Å². The Kier molecular flexibility index (Phi) is 6.02. The zero-order valence-corrected chi connectivity index (χ0v) is 16.8. The molecule has 0 spiro atoms. The summed E-state index contributed by atoms with van der Waals surface area (Å²) in [6.07, 6.45) is 0.137. The predicted octanol–water partition coefficient (Wildman–Crippen LogP) is 0.252. The summed E-state index contributed by atoms with van der Waals surface area (Å²) >= 11 is 0. The summed E-state index contributed by atoms with van der Waals surface area (Å²) in [5.74, 6) is -2.15. The smallest absolute Gasteiger partial charge is 0.308 e. The Labute approximate surface area is 168 Å². The number of rotatable bonds is 7. The fourth-order valence-electron chi connectivity index (χ4n) is 3.60. The Hall–Kier alpha value is -2.75. The molecule has 0 bridgehead atoms. The van der Waals surface area contributed by atoms with Crippen LogP contribution in [0.4, 0.5) is 0 Å². The van der Waals surface area contributed by atoms with E-state index in [1.807, 2.05) is 0 Å². The number of nitrogens with zero attached hydrogens (tertiary/aromatic N) is 2. The van der Waals surface area contributed by atoms with Crippen molar-refractivity contribution in [1.29, 1.82) is 0 Å². The van der Waals surface area contributed by atoms with Crippen molar-refractivity contribution in [1.82, 2.24) is 9.80 Å². The first-order valence-corrected chi connectivity index (χ1v) is 11.2. The van der Waals surface area contributed by atoms with Crippen molar-refractivity contribution in [3.05, 3.63) is 35.4 Å². The van der Waals surface area contributed by atoms with Gasteiger partial charge in [0.25, 0.3) is 17.7 Å². The number of likely N-dealkylation sites (N-methyl/N-ethyl adjacent to an activating group) is 1. The van der Waals surface area contributed by atoms with E-state index < -0.39 is 46.2 Å². The highest BCUT2D eigenvalue weighted by molar-refractivity contribution is 7.91. The zero-order chi connectivity index (χ0) is 21.2. The molecule has 0 aromatic heterocycles. The summed E-state index contributed by atoms with van der Waals surface area (Å²) in [4.78, 5) is 51.2. The first-order valence-electron chi connectivity index (χ1n) is 9.34. The minimum Gasteiger partial charge on any atom is -0.456 e. The van der Waals surface area contributed by atoms with Gasteiger partial charge in [-0.15, -0.1) is 0 Å². The summed E-state index contributed by atoms with van der Waals surface area (Å²) in [6, 6.07) is 6.00. The monoisotopic (exact) mass is 422 g/mol. The van der Waals surface area contributed by atoms with Gasteiger partial charge in [0, 0.05) is 19.1 Å². The number of benzene rings is 1. The van der Waals surface area contributed by atoms with E-state index in [1.54, 1.807) is 31.2 Å². The molecule has 3 amide bonds. The van der Waals surface area contributed by atoms with Crippen LogP contribution in [-0.2, 0) is 24.2 Å². The normalized spacial score (nSPS) is 19.9. The summed E-state index contributed by atoms with van der Waals surface area (Å²) < 4.78 is 28.2. The first-order chi connectivity index (χ1) is 13.7. The standard InChI is InChI=1S/C19H22N2O7S/c1-2-20(13-8-10-29(26,27)12-13)16(22)11-28-17(23)7-9-21-18(24)14-5-3-4-6-15(14)19(21)25/h3-6,13H,2,7-12H2,1H3. The van der Waals surface area contributed by atoms with Crippen LogP contribution in [0, 0.1) is 0 Å². The van der Waals surface area contributed by atoms with Crippen LogP contribution in [0.1, 0.15) is 40.5 Å². The molecule has 0 saturated carbocycles. The third-order valence-corrected chi connectivity index (χ3v) is 6.83. The lowest BCUT2D eigenvalue weighted by molar-refractivity contribution is -0.152. The summed E-state index contributed by atoms with van der Waals surface area (Å²) in [6.45, 7) is 1.39. The van der Waals surface area contributed by atoms with Gasteiger partial charge in [-0.25, -0.2) is 8.42 Å². The Morgan fingerprint density at radius 1 is 1.17 bits per heavy atom. The number of hydrogen-bond donors (Lipinski definition) is 0. The average molecular weight is 422 g/mol. The second-order valence-electron chi connectivity index (χ2n) is 6.95. The molecule has 156 valence electrons. The molecule has 0 aliphatic carbocycles. The molecule has 1 saturated heterocycles. The third-order valence-electron chi connectivity index (χ3n) is 5.08. The maximum atomic E-state index is 12.3. The van der Waals surface area contributed by atoms with Gasteiger partial charge < -0.3 is 9.64 Å². The van der Waals surface area contributed by atoms with Gasteiger partial charge in [-0.3, -0.25) is 24.1 Å². The molecule has 1 aromatic carbocycles. The van der Waals surface area contributed by atoms with Gasteiger partial charge in [-0.05, 0) is 25.5 Å². The number of esters is 1. The molecule has 0 radical (unpaired) electrons. The largest absolute Gasteiger partial charge is 0.456 e. The van der Waals surface area contributed by atoms with E-state index in [0.29, 0.717) is 24.1 Å². The van der Waals surface area contributed by atoms with Crippen molar-refractivity contribution in [3.63, 3.8) is 0 Å². The van der Waals surface area contributed by atoms with E-state index in [0.717, 1.165) is 4.90 Å². The summed E-state index contributed by atoms with van der Waals surface area (Å²) in [5.41, 5.74) is 0.595. The van der Waals surface area contributed by atoms with Crippen LogP contribution >= 0.6 is 0 Å². The van der Waals surface area contributed by atoms with Crippen LogP contribution in [0.5, 0.6) is 0 Å². The lowest BCUT2D eigenvalue weighted by Crippen LogP contribution is -2.43. The maximum Gasteiger partial charge on any atom is 0.308 e. The molecule has 1 atom stereocenters. The fraction of sp³-hybridized carbons (Fsp3) is 0.474. The molecule has 1 unspecified atom stereocenters. The van der Waals surface area contributed by atoms with E-state index in [2.05, 4.69) is 0 Å². The average Bonchev–Trinajstić information content (AvgIpc) is 3.16. The molecule has 9 nitrogen and oxygen atoms in total. The van der Waals surface area contributed by atoms with Gasteiger partial charge in [0.2, 0.25) is 0 Å². The number of fused-ring (bicyclic) bond motifs is 1. The molecule has 0 N–H and O–H groups in total. The summed E-state index contributed by atoms with van der Waals surface area (Å²) in [5, 5.41) is 0. The SMILES string of the molecule is CCN(C(=O)COC(=O)CCN1C(=O)c2ccccc2C1=O)C1CCS(=O)(=O)C1. The van der Waals surface area contributed by atoms with Crippen molar-refractivity contribution in [2.45, 2.75) is 25.8 Å². The highest BCUT2D eigenvalue weighted by Crippen LogP contribution is 2.22. The molecule has 29 heavy (non-hydrogen) atoms. The second kappa shape index (κ2) is 8.32. The minimum absolute atomic E-state index is 0.0432. The Morgan fingerprint density at radius 2 is 1.79 bits per heavy atom. The quantitative estimate of drug-likeness (QED) is 0.457. The van der Waals surface area contributed by atoms with Gasteiger partial charge in [0.1, 0.15) is 0 Å². The van der Waals surface area contributed by atoms with Gasteiger partial charge in [-0.1, -0.05) is 12.1 Å². The highest BCUT2D eigenvalue weighted by atomic mass is 32.2. The number of amides is 3. The van der Waals surface area contributed by atoms with Crippen LogP contribution in [0.3, 0.4) is 0 Å². The molecule has 1 fully saturated rings. The van der Waals surface area contributed by atoms with E-state index >= 15 is 0 Å². The molecule has 2 heterocycles. The van der Waals surface area contributed by atoms with Crippen LogP contribution in [0.15, 0.2) is 24.3 Å². The van der Waals surface area contributed by atoms with E-state index in [-0.39, 0.29) is 24.5 Å². The number of ether oxygens (including phenoxy) is 1. The zero-order valence-electron chi connectivity index (χ0n) is 16.0. The van der Waals surface area contributed by atoms with E-state index in [9.17, 15) is 27.6 Å². The second-order valence-corrected chi connectivity index (χ2v) is 9.18. The molecular formula is C19H22N2O7S. The van der Waals surface area contributed by atoms with Gasteiger partial charge in [-0.2, -0.15) is 0 Å². The predicted molar refractivity (Wildman–Crippen MR) is 102 cm³/mol. The lowest BCUT2D eigenvalue weighted by Gasteiger charge is -2.26. The molecule has 1 aromatic rings. The Bertz CT molecular complexity index is 922. The van der Waals surface area contributed by atoms with Crippen molar-refractivity contribution < 1.29 is 32.3 Å². The van der Waals surface area contributed by atoms with Gasteiger partial charge in [0.15, 0.2) is 16.4 Å². The molecule has 2 aliphatic heterocycles. The fourth-order valence-corrected chi connectivity index (χ4v) is 5.33. The molecule has 10 heteroatoms. The highest BCUT2D eigenvalue weighted by Gasteiger charge is 2.36. The van der Waals surface area contributed by atoms with Crippen LogP contribution in [0.2, 0.25) is 0 Å². The molecule has 2 aliphatic rings. The van der Waals surface area contributed by atoms with Crippen molar-refractivity contribution >= 4 is 33.5 Å². The number of carbonyl (C=O) groups excluding carboxylic acids is 4. The lowest BCUT2D eigenvalue weighted by atomic mass is 10.1. The molecular weight excluding hydrogens is 400 g/mol. The first kappa shape index (κ1) is 21.0. The van der Waals surface area contributed by atoms with Crippen molar-refractivity contribution in [2.75, 3.05) is 31.2 Å². The van der Waals surface area contributed by atoms with E-state index in [1.165, 1.54) is 4.90 Å². The van der Waals surface area contributed by atoms with Crippen LogP contribution < -0.4 is 0 Å². The number of imide groups is 1. The summed E-state index contributed by atoms with van der Waals surface area (Å²) in [7, 11) is -3.14. The Morgan fingerprint density at radius 3 is 2.31 bits per heavy atom. The van der Waals surface area contributed by atoms with Gasteiger partial charge >= 0.3 is 5.97 Å². The van der Waals surface area contributed by atoms with Crippen LogP contribution in [-0.4, -0.2) is 79.2 Å². The molecule has 3 rings (SSSR count). The Balaban J connectivity index is 1.48. The number of carbonyl (C=O) groups is 4. The minimum atomic E-state index is -3.14. The third kappa shape index (κ3) is 4.47. The number of hydrogen-bond acceptors (Lipinski definition) is 7. The van der Waals surface area contributed by atoms with Crippen LogP contribution in [0.25, 0.3) is 0 Å². The van der Waals surface area contributed by atoms with Crippen molar-refractivity contribution in [2.24, 2.45) is 0 Å². The van der Waals surface area contributed by atoms with Crippen molar-refractivity contribution in [3.8, 4) is 0 Å². The maximum absolute atomic E-state index is 12.3. The topological polar surface area (TPSA) is 118 Å². The number of sulfone groups is 1.